The SMILES string of the molecule is C[C@H](C(=O)N1CCCCC1)N1CCC(N2CCCCC2)CC1. The van der Waals surface area contributed by atoms with Crippen LogP contribution >= 0.6 is 0 Å². The lowest BCUT2D eigenvalue weighted by molar-refractivity contribution is -0.138. The number of likely N-dealkylation sites (tertiary alicyclic amines) is 3. The van der Waals surface area contributed by atoms with Gasteiger partial charge in [-0.05, 0) is 65.0 Å². The summed E-state index contributed by atoms with van der Waals surface area (Å²) < 4.78 is 0. The molecule has 0 bridgehead atoms. The fraction of sp³-hybridized carbons (Fsp3) is 0.944. The van der Waals surface area contributed by atoms with Crippen LogP contribution in [0.4, 0.5) is 0 Å². The van der Waals surface area contributed by atoms with Gasteiger partial charge < -0.3 is 9.80 Å². The van der Waals surface area contributed by atoms with Crippen molar-refractivity contribution in [3.05, 3.63) is 0 Å². The molecule has 0 aromatic heterocycles. The molecule has 3 saturated heterocycles. The largest absolute Gasteiger partial charge is 0.341 e. The highest BCUT2D eigenvalue weighted by Gasteiger charge is 2.31. The molecule has 0 aromatic rings. The van der Waals surface area contributed by atoms with Gasteiger partial charge in [0.1, 0.15) is 0 Å². The zero-order chi connectivity index (χ0) is 15.4. The quantitative estimate of drug-likeness (QED) is 0.801. The van der Waals surface area contributed by atoms with E-state index in [-0.39, 0.29) is 6.04 Å². The first-order chi connectivity index (χ1) is 10.8. The number of carbonyl (C=O) groups is 1. The van der Waals surface area contributed by atoms with Crippen LogP contribution in [0.3, 0.4) is 0 Å². The van der Waals surface area contributed by atoms with E-state index in [4.69, 9.17) is 0 Å². The molecule has 0 aliphatic carbocycles. The summed E-state index contributed by atoms with van der Waals surface area (Å²) in [4.78, 5) is 19.9. The van der Waals surface area contributed by atoms with Gasteiger partial charge in [0.15, 0.2) is 0 Å². The standard InChI is InChI=1S/C18H33N3O/c1-16(18(22)21-12-6-3-7-13-21)19-14-8-17(9-15-19)20-10-4-2-5-11-20/h16-17H,2-15H2,1H3/t16-/m1/s1. The van der Waals surface area contributed by atoms with E-state index in [9.17, 15) is 4.79 Å². The Kier molecular flexibility index (Phi) is 5.75. The minimum Gasteiger partial charge on any atom is -0.341 e. The van der Waals surface area contributed by atoms with Crippen LogP contribution in [0.1, 0.15) is 58.3 Å². The van der Waals surface area contributed by atoms with E-state index >= 15 is 0 Å². The maximum atomic E-state index is 12.7. The van der Waals surface area contributed by atoms with E-state index < -0.39 is 0 Å². The first kappa shape index (κ1) is 16.3. The molecule has 1 atom stereocenters. The molecule has 0 aromatic carbocycles. The van der Waals surface area contributed by atoms with Crippen molar-refractivity contribution in [1.29, 1.82) is 0 Å². The molecule has 3 aliphatic heterocycles. The number of piperidine rings is 3. The van der Waals surface area contributed by atoms with Crippen LogP contribution in [0.5, 0.6) is 0 Å². The van der Waals surface area contributed by atoms with Gasteiger partial charge in [-0.25, -0.2) is 0 Å². The predicted octanol–water partition coefficient (Wildman–Crippen LogP) is 2.34. The summed E-state index contributed by atoms with van der Waals surface area (Å²) in [5.41, 5.74) is 0. The molecule has 4 heteroatoms. The average Bonchev–Trinajstić information content (AvgIpc) is 2.62. The first-order valence-electron chi connectivity index (χ1n) is 9.52. The van der Waals surface area contributed by atoms with Gasteiger partial charge in [-0.2, -0.15) is 0 Å². The molecule has 0 spiro atoms. The monoisotopic (exact) mass is 307 g/mol. The van der Waals surface area contributed by atoms with E-state index in [1.165, 1.54) is 64.5 Å². The van der Waals surface area contributed by atoms with Crippen LogP contribution in [-0.4, -0.2) is 72.0 Å². The van der Waals surface area contributed by atoms with Crippen molar-refractivity contribution in [3.8, 4) is 0 Å². The number of hydrogen-bond acceptors (Lipinski definition) is 3. The van der Waals surface area contributed by atoms with Gasteiger partial charge in [0.05, 0.1) is 6.04 Å². The summed E-state index contributed by atoms with van der Waals surface area (Å²) in [5, 5.41) is 0. The highest BCUT2D eigenvalue weighted by molar-refractivity contribution is 5.81. The van der Waals surface area contributed by atoms with Crippen LogP contribution < -0.4 is 0 Å². The fourth-order valence-electron chi connectivity index (χ4n) is 4.46. The van der Waals surface area contributed by atoms with Gasteiger partial charge >= 0.3 is 0 Å². The Labute approximate surface area is 135 Å². The van der Waals surface area contributed by atoms with Crippen LogP contribution in [0.2, 0.25) is 0 Å². The molecule has 0 saturated carbocycles. The van der Waals surface area contributed by atoms with Crippen molar-refractivity contribution in [2.45, 2.75) is 70.4 Å². The first-order valence-corrected chi connectivity index (χ1v) is 9.52. The third-order valence-corrected chi connectivity index (χ3v) is 5.98. The summed E-state index contributed by atoms with van der Waals surface area (Å²) in [6, 6.07) is 0.856. The Morgan fingerprint density at radius 2 is 1.36 bits per heavy atom. The number of carbonyl (C=O) groups excluding carboxylic acids is 1. The van der Waals surface area contributed by atoms with Crippen molar-refractivity contribution < 1.29 is 4.79 Å². The van der Waals surface area contributed by atoms with Gasteiger partial charge in [0.2, 0.25) is 5.91 Å². The van der Waals surface area contributed by atoms with E-state index in [1.54, 1.807) is 0 Å². The highest BCUT2D eigenvalue weighted by atomic mass is 16.2. The molecule has 22 heavy (non-hydrogen) atoms. The minimum atomic E-state index is 0.0837. The van der Waals surface area contributed by atoms with Crippen LogP contribution in [0.25, 0.3) is 0 Å². The predicted molar refractivity (Wildman–Crippen MR) is 89.9 cm³/mol. The second-order valence-electron chi connectivity index (χ2n) is 7.43. The average molecular weight is 307 g/mol. The normalized spacial score (nSPS) is 27.8. The Bertz CT molecular complexity index is 353. The lowest BCUT2D eigenvalue weighted by Crippen LogP contribution is -2.53. The van der Waals surface area contributed by atoms with Crippen molar-refractivity contribution >= 4 is 5.91 Å². The van der Waals surface area contributed by atoms with Crippen LogP contribution in [-0.2, 0) is 4.79 Å². The van der Waals surface area contributed by atoms with Crippen LogP contribution in [0.15, 0.2) is 0 Å². The summed E-state index contributed by atoms with van der Waals surface area (Å²) >= 11 is 0. The Balaban J connectivity index is 1.46. The molecular formula is C18H33N3O. The zero-order valence-corrected chi connectivity index (χ0v) is 14.3. The number of rotatable bonds is 3. The number of hydrogen-bond donors (Lipinski definition) is 0. The number of nitrogens with zero attached hydrogens (tertiary/aromatic N) is 3. The zero-order valence-electron chi connectivity index (χ0n) is 14.3. The van der Waals surface area contributed by atoms with Crippen molar-refractivity contribution in [3.63, 3.8) is 0 Å². The molecule has 3 heterocycles. The van der Waals surface area contributed by atoms with E-state index in [0.717, 1.165) is 32.2 Å². The highest BCUT2D eigenvalue weighted by Crippen LogP contribution is 2.22. The third-order valence-electron chi connectivity index (χ3n) is 5.98. The second-order valence-corrected chi connectivity index (χ2v) is 7.43. The van der Waals surface area contributed by atoms with E-state index in [0.29, 0.717) is 5.91 Å². The molecule has 126 valence electrons. The number of amides is 1. The third kappa shape index (κ3) is 3.83. The van der Waals surface area contributed by atoms with Gasteiger partial charge in [-0.15, -0.1) is 0 Å². The topological polar surface area (TPSA) is 26.8 Å². The lowest BCUT2D eigenvalue weighted by Gasteiger charge is -2.42. The Hall–Kier alpha value is -0.610. The van der Waals surface area contributed by atoms with E-state index in [1.807, 2.05) is 0 Å². The lowest BCUT2D eigenvalue weighted by atomic mass is 9.98. The van der Waals surface area contributed by atoms with Crippen molar-refractivity contribution in [2.75, 3.05) is 39.3 Å². The molecule has 1 amide bonds. The smallest absolute Gasteiger partial charge is 0.239 e. The molecule has 0 radical (unpaired) electrons. The second kappa shape index (κ2) is 7.78. The Morgan fingerprint density at radius 1 is 0.818 bits per heavy atom. The maximum Gasteiger partial charge on any atom is 0.239 e. The molecule has 0 unspecified atom stereocenters. The van der Waals surface area contributed by atoms with Crippen LogP contribution in [0, 0.1) is 0 Å². The molecule has 0 N–H and O–H groups in total. The van der Waals surface area contributed by atoms with E-state index in [2.05, 4.69) is 21.6 Å². The summed E-state index contributed by atoms with van der Waals surface area (Å²) in [7, 11) is 0. The molecular weight excluding hydrogens is 274 g/mol. The van der Waals surface area contributed by atoms with Gasteiger partial charge in [0, 0.05) is 32.2 Å². The minimum absolute atomic E-state index is 0.0837. The van der Waals surface area contributed by atoms with Crippen molar-refractivity contribution in [2.24, 2.45) is 0 Å². The van der Waals surface area contributed by atoms with Crippen molar-refractivity contribution in [1.82, 2.24) is 14.7 Å². The van der Waals surface area contributed by atoms with Gasteiger partial charge in [-0.1, -0.05) is 6.42 Å². The van der Waals surface area contributed by atoms with Gasteiger partial charge in [-0.3, -0.25) is 9.69 Å². The van der Waals surface area contributed by atoms with Gasteiger partial charge in [0.25, 0.3) is 0 Å². The molecule has 3 fully saturated rings. The molecule has 4 nitrogen and oxygen atoms in total. The summed E-state index contributed by atoms with van der Waals surface area (Å²) in [6.07, 6.45) is 10.3. The Morgan fingerprint density at radius 3 is 1.95 bits per heavy atom. The molecule has 3 aliphatic rings. The maximum absolute atomic E-state index is 12.7. The fourth-order valence-corrected chi connectivity index (χ4v) is 4.46. The summed E-state index contributed by atoms with van der Waals surface area (Å²) in [5.74, 6) is 0.371. The summed E-state index contributed by atoms with van der Waals surface area (Å²) in [6.45, 7) is 8.88. The molecule has 3 rings (SSSR count).